The van der Waals surface area contributed by atoms with Crippen LogP contribution in [-0.4, -0.2) is 72.7 Å². The zero-order valence-electron chi connectivity index (χ0n) is 20.8. The highest BCUT2D eigenvalue weighted by Gasteiger charge is 2.37. The maximum atomic E-state index is 12.9. The number of halogens is 4. The van der Waals surface area contributed by atoms with Crippen molar-refractivity contribution in [2.45, 2.75) is 35.6 Å². The second-order valence-corrected chi connectivity index (χ2v) is 12.3. The molecule has 1 aliphatic rings. The molecule has 12 heteroatoms. The van der Waals surface area contributed by atoms with Gasteiger partial charge in [0.15, 0.2) is 9.84 Å². The molecule has 0 atom stereocenters. The number of aromatic nitrogens is 2. The summed E-state index contributed by atoms with van der Waals surface area (Å²) in [5, 5.41) is 10.7. The van der Waals surface area contributed by atoms with Crippen molar-refractivity contribution in [1.29, 1.82) is 0 Å². The normalized spacial score (nSPS) is 14.5. The van der Waals surface area contributed by atoms with Gasteiger partial charge in [-0.1, -0.05) is 23.7 Å². The Morgan fingerprint density at radius 2 is 1.95 bits per heavy atom. The first-order valence-corrected chi connectivity index (χ1v) is 14.5. The van der Waals surface area contributed by atoms with Crippen LogP contribution in [0.5, 0.6) is 5.75 Å². The summed E-state index contributed by atoms with van der Waals surface area (Å²) >= 11 is 6.25. The first-order valence-electron chi connectivity index (χ1n) is 12.5. The molecule has 4 aromatic rings. The van der Waals surface area contributed by atoms with Crippen molar-refractivity contribution in [2.24, 2.45) is 0 Å². The molecule has 2 heterocycles. The molecule has 7 nitrogen and oxygen atoms in total. The number of hydrogen-bond acceptors (Lipinski definition) is 6. The van der Waals surface area contributed by atoms with Gasteiger partial charge in [0.05, 0.1) is 40.4 Å². The maximum absolute atomic E-state index is 12.9. The van der Waals surface area contributed by atoms with Crippen molar-refractivity contribution in [2.75, 3.05) is 32.8 Å². The maximum Gasteiger partial charge on any atom is 0.401 e. The number of H-pyrrole nitrogens is 1. The number of aliphatic hydroxyl groups is 1. The number of hydrogen-bond donors (Lipinski definition) is 2. The van der Waals surface area contributed by atoms with Gasteiger partial charge in [-0.05, 0) is 60.7 Å². The number of sulfone groups is 1. The average molecular weight is 582 g/mol. The number of nitrogens with one attached hydrogen (secondary N) is 1. The van der Waals surface area contributed by atoms with E-state index >= 15 is 0 Å². The van der Waals surface area contributed by atoms with Gasteiger partial charge >= 0.3 is 6.18 Å². The smallest absolute Gasteiger partial charge is 0.401 e. The van der Waals surface area contributed by atoms with E-state index in [1.807, 2.05) is 12.1 Å². The monoisotopic (exact) mass is 581 g/mol. The third kappa shape index (κ3) is 6.16. The first-order chi connectivity index (χ1) is 18.6. The van der Waals surface area contributed by atoms with Crippen LogP contribution in [-0.2, 0) is 9.84 Å². The summed E-state index contributed by atoms with van der Waals surface area (Å²) in [4.78, 5) is 9.05. The van der Waals surface area contributed by atoms with Gasteiger partial charge < -0.3 is 14.8 Å². The van der Waals surface area contributed by atoms with Gasteiger partial charge in [-0.2, -0.15) is 13.2 Å². The fourth-order valence-corrected chi connectivity index (χ4v) is 6.60. The van der Waals surface area contributed by atoms with Crippen molar-refractivity contribution in [3.05, 3.63) is 53.7 Å². The molecule has 0 saturated heterocycles. The molecule has 2 aromatic carbocycles. The SMILES string of the molecule is O=S(=O)(c1cccc(-c2ccc(OCCCN(CCO)CC(F)(F)F)c3[nH]c4ncc(Cl)cc4c23)c1)C1CC1. The van der Waals surface area contributed by atoms with E-state index in [0.717, 1.165) is 21.2 Å². The molecule has 0 unspecified atom stereocenters. The molecule has 39 heavy (non-hydrogen) atoms. The van der Waals surface area contributed by atoms with Gasteiger partial charge in [0.25, 0.3) is 0 Å². The van der Waals surface area contributed by atoms with Gasteiger partial charge in [0.1, 0.15) is 11.4 Å². The lowest BCUT2D eigenvalue weighted by Gasteiger charge is -2.22. The van der Waals surface area contributed by atoms with Crippen LogP contribution in [0.2, 0.25) is 5.02 Å². The van der Waals surface area contributed by atoms with Crippen LogP contribution >= 0.6 is 11.6 Å². The van der Waals surface area contributed by atoms with Crippen molar-refractivity contribution >= 4 is 43.4 Å². The molecule has 1 aliphatic carbocycles. The van der Waals surface area contributed by atoms with Crippen LogP contribution in [0, 0.1) is 0 Å². The number of aliphatic hydroxyl groups excluding tert-OH is 1. The predicted molar refractivity (Wildman–Crippen MR) is 144 cm³/mol. The van der Waals surface area contributed by atoms with Crippen LogP contribution in [0.1, 0.15) is 19.3 Å². The third-order valence-corrected chi connectivity index (χ3v) is 9.13. The molecule has 0 aliphatic heterocycles. The van der Waals surface area contributed by atoms with E-state index in [-0.39, 0.29) is 36.4 Å². The molecule has 1 saturated carbocycles. The largest absolute Gasteiger partial charge is 0.491 e. The highest BCUT2D eigenvalue weighted by atomic mass is 35.5. The Morgan fingerprint density at radius 3 is 2.67 bits per heavy atom. The van der Waals surface area contributed by atoms with Crippen LogP contribution in [0.15, 0.2) is 53.6 Å². The summed E-state index contributed by atoms with van der Waals surface area (Å²) in [6, 6.07) is 12.2. The molecule has 0 spiro atoms. The van der Waals surface area contributed by atoms with Crippen LogP contribution in [0.25, 0.3) is 33.1 Å². The van der Waals surface area contributed by atoms with E-state index in [1.165, 1.54) is 6.20 Å². The quantitative estimate of drug-likeness (QED) is 0.224. The minimum atomic E-state index is -4.36. The summed E-state index contributed by atoms with van der Waals surface area (Å²) in [5.74, 6) is 0.481. The summed E-state index contributed by atoms with van der Waals surface area (Å²) in [7, 11) is -3.39. The fraction of sp³-hybridized carbons (Fsp3) is 0.370. The molecule has 5 rings (SSSR count). The average Bonchev–Trinajstić information content (AvgIpc) is 3.68. The van der Waals surface area contributed by atoms with Gasteiger partial charge in [0.2, 0.25) is 0 Å². The number of alkyl halides is 3. The zero-order chi connectivity index (χ0) is 27.8. The lowest BCUT2D eigenvalue weighted by Crippen LogP contribution is -2.37. The predicted octanol–water partition coefficient (Wildman–Crippen LogP) is 5.60. The summed E-state index contributed by atoms with van der Waals surface area (Å²) < 4.78 is 70.2. The molecule has 2 N–H and O–H groups in total. The highest BCUT2D eigenvalue weighted by molar-refractivity contribution is 7.92. The van der Waals surface area contributed by atoms with Gasteiger partial charge in [-0.15, -0.1) is 0 Å². The number of ether oxygens (including phenoxy) is 1. The van der Waals surface area contributed by atoms with E-state index in [0.29, 0.717) is 46.8 Å². The summed E-state index contributed by atoms with van der Waals surface area (Å²) in [6.45, 7) is -1.30. The Hall–Kier alpha value is -2.86. The number of nitrogens with zero attached hydrogens (tertiary/aromatic N) is 2. The number of pyridine rings is 1. The second-order valence-electron chi connectivity index (χ2n) is 9.63. The van der Waals surface area contributed by atoms with Gasteiger partial charge in [-0.25, -0.2) is 13.4 Å². The molecular formula is C27H27ClF3N3O4S. The lowest BCUT2D eigenvalue weighted by molar-refractivity contribution is -0.147. The minimum Gasteiger partial charge on any atom is -0.491 e. The van der Waals surface area contributed by atoms with E-state index in [1.54, 1.807) is 30.3 Å². The second kappa shape index (κ2) is 11.0. The van der Waals surface area contributed by atoms with Crippen molar-refractivity contribution < 1.29 is 31.4 Å². The van der Waals surface area contributed by atoms with Crippen LogP contribution < -0.4 is 4.74 Å². The molecule has 2 aromatic heterocycles. The Balaban J connectivity index is 1.46. The van der Waals surface area contributed by atoms with Crippen molar-refractivity contribution in [3.63, 3.8) is 0 Å². The topological polar surface area (TPSA) is 95.5 Å². The molecule has 1 fully saturated rings. The van der Waals surface area contributed by atoms with E-state index in [2.05, 4.69) is 9.97 Å². The molecule has 0 bridgehead atoms. The number of benzene rings is 2. The number of fused-ring (bicyclic) bond motifs is 3. The number of rotatable bonds is 11. The zero-order valence-corrected chi connectivity index (χ0v) is 22.4. The van der Waals surface area contributed by atoms with Crippen molar-refractivity contribution in [1.82, 2.24) is 14.9 Å². The minimum absolute atomic E-state index is 0.0809. The van der Waals surface area contributed by atoms with Crippen LogP contribution in [0.4, 0.5) is 13.2 Å². The van der Waals surface area contributed by atoms with E-state index in [4.69, 9.17) is 21.4 Å². The van der Waals surface area contributed by atoms with E-state index < -0.39 is 22.6 Å². The summed E-state index contributed by atoms with van der Waals surface area (Å²) in [6.07, 6.45) is -1.19. The summed E-state index contributed by atoms with van der Waals surface area (Å²) in [5.41, 5.74) is 2.66. The standard InChI is InChI=1S/C27H27ClF3N3O4S/c28-18-14-22-24-21(17-3-1-4-20(13-17)39(36,37)19-5-6-19)7-8-23(25(24)33-26(22)32-15-18)38-12-2-9-34(10-11-35)16-27(29,30)31/h1,3-4,7-8,13-15,19,35H,2,5-6,9-12,16H2,(H,32,33). The van der Waals surface area contributed by atoms with Gasteiger partial charge in [-0.3, -0.25) is 4.90 Å². The van der Waals surface area contributed by atoms with Crippen molar-refractivity contribution in [3.8, 4) is 16.9 Å². The highest BCUT2D eigenvalue weighted by Crippen LogP contribution is 2.41. The first kappa shape index (κ1) is 27.7. The van der Waals surface area contributed by atoms with Gasteiger partial charge in [0, 0.05) is 30.1 Å². The molecule has 0 radical (unpaired) electrons. The number of aromatic amines is 1. The van der Waals surface area contributed by atoms with E-state index in [9.17, 15) is 21.6 Å². The lowest BCUT2D eigenvalue weighted by atomic mass is 9.99. The molecular weight excluding hydrogens is 555 g/mol. The Labute approximate surface area is 228 Å². The molecule has 0 amide bonds. The van der Waals surface area contributed by atoms with Crippen LogP contribution in [0.3, 0.4) is 0 Å². The fourth-order valence-electron chi connectivity index (χ4n) is 4.74. The third-order valence-electron chi connectivity index (χ3n) is 6.67. The Bertz CT molecular complexity index is 1600. The molecule has 208 valence electrons. The Morgan fingerprint density at radius 1 is 1.15 bits per heavy atom. The Kier molecular flexibility index (Phi) is 7.78.